The fraction of sp³-hybridized carbons (Fsp3) is 0.167. The van der Waals surface area contributed by atoms with Crippen LogP contribution in [0.1, 0.15) is 11.1 Å². The summed E-state index contributed by atoms with van der Waals surface area (Å²) in [5.74, 6) is 1.13. The van der Waals surface area contributed by atoms with Gasteiger partial charge in [0.1, 0.15) is 18.0 Å². The van der Waals surface area contributed by atoms with E-state index < -0.39 is 0 Å². The van der Waals surface area contributed by atoms with E-state index in [1.807, 2.05) is 26.0 Å². The Morgan fingerprint density at radius 3 is 2.72 bits per heavy atom. The second kappa shape index (κ2) is 5.12. The number of nitrogens with zero attached hydrogens (tertiary/aromatic N) is 2. The lowest BCUT2D eigenvalue weighted by Crippen LogP contribution is -2.02. The quantitative estimate of drug-likeness (QED) is 0.879. The van der Waals surface area contributed by atoms with Crippen molar-refractivity contribution in [2.24, 2.45) is 0 Å². The number of aromatic nitrogens is 2. The minimum atomic E-state index is 0.460. The Morgan fingerprint density at radius 2 is 2.00 bits per heavy atom. The predicted molar refractivity (Wildman–Crippen MR) is 78.4 cm³/mol. The number of nitrogens with two attached hydrogens (primary N) is 1. The van der Waals surface area contributed by atoms with E-state index in [0.29, 0.717) is 16.7 Å². The van der Waals surface area contributed by atoms with Crippen LogP contribution in [0.3, 0.4) is 0 Å². The Morgan fingerprint density at radius 1 is 1.28 bits per heavy atom. The summed E-state index contributed by atoms with van der Waals surface area (Å²) in [5, 5.41) is 3.88. The fourth-order valence-electron chi connectivity index (χ4n) is 1.46. The van der Waals surface area contributed by atoms with E-state index in [1.165, 1.54) is 6.33 Å². The maximum Gasteiger partial charge on any atom is 0.138 e. The normalized spacial score (nSPS) is 10.4. The van der Waals surface area contributed by atoms with Crippen LogP contribution in [0.5, 0.6) is 0 Å². The number of anilines is 3. The lowest BCUT2D eigenvalue weighted by molar-refractivity contribution is 1.14. The Labute approximate surface area is 119 Å². The molecule has 3 N–H and O–H groups in total. The lowest BCUT2D eigenvalue weighted by Gasteiger charge is -2.12. The molecule has 0 unspecified atom stereocenters. The average molecular weight is 328 g/mol. The second-order valence-electron chi connectivity index (χ2n) is 3.94. The van der Waals surface area contributed by atoms with Gasteiger partial charge in [-0.3, -0.25) is 0 Å². The molecule has 1 aromatic carbocycles. The maximum atomic E-state index is 6.10. The standard InChI is InChI=1S/C12H12BrClN4/c1-6-3-8(13)10(4-9(6)14)18-12-7(2)11(15)16-5-17-12/h3-5H,1-2H3,(H3,15,16,17,18). The Hall–Kier alpha value is -1.33. The van der Waals surface area contributed by atoms with Gasteiger partial charge in [-0.25, -0.2) is 9.97 Å². The van der Waals surface area contributed by atoms with Gasteiger partial charge in [-0.1, -0.05) is 11.6 Å². The van der Waals surface area contributed by atoms with Gasteiger partial charge in [-0.15, -0.1) is 0 Å². The first-order chi connectivity index (χ1) is 8.49. The van der Waals surface area contributed by atoms with Gasteiger partial charge in [0, 0.05) is 15.1 Å². The van der Waals surface area contributed by atoms with E-state index >= 15 is 0 Å². The first-order valence-electron chi connectivity index (χ1n) is 5.28. The van der Waals surface area contributed by atoms with Crippen LogP contribution < -0.4 is 11.1 Å². The van der Waals surface area contributed by atoms with Crippen molar-refractivity contribution in [3.8, 4) is 0 Å². The van der Waals surface area contributed by atoms with Crippen LogP contribution in [0.15, 0.2) is 22.9 Å². The van der Waals surface area contributed by atoms with Crippen LogP contribution in [-0.4, -0.2) is 9.97 Å². The summed E-state index contributed by atoms with van der Waals surface area (Å²) in [5.41, 5.74) is 8.39. The molecule has 0 saturated heterocycles. The van der Waals surface area contributed by atoms with Crippen molar-refractivity contribution in [2.75, 3.05) is 11.1 Å². The zero-order chi connectivity index (χ0) is 13.3. The highest BCUT2D eigenvalue weighted by Crippen LogP contribution is 2.31. The number of nitrogen functional groups attached to an aromatic ring is 1. The number of hydrogen-bond donors (Lipinski definition) is 2. The second-order valence-corrected chi connectivity index (χ2v) is 5.20. The van der Waals surface area contributed by atoms with Crippen molar-refractivity contribution in [3.05, 3.63) is 39.1 Å². The molecule has 0 aliphatic heterocycles. The summed E-state index contributed by atoms with van der Waals surface area (Å²) in [6.45, 7) is 3.81. The highest BCUT2D eigenvalue weighted by atomic mass is 79.9. The zero-order valence-electron chi connectivity index (χ0n) is 9.96. The largest absolute Gasteiger partial charge is 0.383 e. The van der Waals surface area contributed by atoms with Crippen molar-refractivity contribution in [3.63, 3.8) is 0 Å². The number of nitrogens with one attached hydrogen (secondary N) is 1. The molecule has 2 aromatic rings. The van der Waals surface area contributed by atoms with Gasteiger partial charge in [-0.05, 0) is 47.5 Å². The number of rotatable bonds is 2. The van der Waals surface area contributed by atoms with Crippen molar-refractivity contribution in [1.82, 2.24) is 9.97 Å². The number of hydrogen-bond acceptors (Lipinski definition) is 4. The molecule has 0 spiro atoms. The van der Waals surface area contributed by atoms with Gasteiger partial charge in [0.25, 0.3) is 0 Å². The SMILES string of the molecule is Cc1cc(Br)c(Nc2ncnc(N)c2C)cc1Cl. The topological polar surface area (TPSA) is 63.8 Å². The molecule has 0 fully saturated rings. The smallest absolute Gasteiger partial charge is 0.138 e. The molecule has 0 saturated carbocycles. The first-order valence-corrected chi connectivity index (χ1v) is 6.46. The third-order valence-electron chi connectivity index (χ3n) is 2.62. The van der Waals surface area contributed by atoms with Gasteiger partial charge in [-0.2, -0.15) is 0 Å². The van der Waals surface area contributed by atoms with Gasteiger partial charge in [0.15, 0.2) is 0 Å². The van der Waals surface area contributed by atoms with Crippen LogP contribution in [0.2, 0.25) is 5.02 Å². The lowest BCUT2D eigenvalue weighted by atomic mass is 10.2. The molecular formula is C12H12BrClN4. The van der Waals surface area contributed by atoms with Gasteiger partial charge >= 0.3 is 0 Å². The van der Waals surface area contributed by atoms with E-state index in [2.05, 4.69) is 31.2 Å². The van der Waals surface area contributed by atoms with E-state index in [1.54, 1.807) is 0 Å². The van der Waals surface area contributed by atoms with Gasteiger partial charge in [0.05, 0.1) is 5.69 Å². The third-order valence-corrected chi connectivity index (χ3v) is 3.69. The van der Waals surface area contributed by atoms with Crippen molar-refractivity contribution < 1.29 is 0 Å². The molecule has 0 bridgehead atoms. The molecule has 2 rings (SSSR count). The molecule has 0 atom stereocenters. The molecular weight excluding hydrogens is 316 g/mol. The molecule has 0 aliphatic rings. The van der Waals surface area contributed by atoms with E-state index in [-0.39, 0.29) is 0 Å². The summed E-state index contributed by atoms with van der Waals surface area (Å²) >= 11 is 9.59. The third kappa shape index (κ3) is 2.57. The molecule has 94 valence electrons. The Kier molecular flexibility index (Phi) is 3.73. The van der Waals surface area contributed by atoms with Crippen LogP contribution in [-0.2, 0) is 0 Å². The molecule has 4 nitrogen and oxygen atoms in total. The van der Waals surface area contributed by atoms with Crippen molar-refractivity contribution >= 4 is 44.9 Å². The van der Waals surface area contributed by atoms with E-state index in [4.69, 9.17) is 17.3 Å². The number of aryl methyl sites for hydroxylation is 1. The molecule has 1 aromatic heterocycles. The summed E-state index contributed by atoms with van der Waals surface area (Å²) in [6, 6.07) is 3.79. The summed E-state index contributed by atoms with van der Waals surface area (Å²) < 4.78 is 0.918. The molecule has 18 heavy (non-hydrogen) atoms. The summed E-state index contributed by atoms with van der Waals surface area (Å²) in [6.07, 6.45) is 1.42. The Bertz CT molecular complexity index is 601. The monoisotopic (exact) mass is 326 g/mol. The number of halogens is 2. The van der Waals surface area contributed by atoms with Crippen molar-refractivity contribution in [2.45, 2.75) is 13.8 Å². The molecule has 0 amide bonds. The molecule has 6 heteroatoms. The summed E-state index contributed by atoms with van der Waals surface area (Å²) in [4.78, 5) is 8.09. The van der Waals surface area contributed by atoms with Crippen LogP contribution >= 0.6 is 27.5 Å². The fourth-order valence-corrected chi connectivity index (χ4v) is 2.18. The highest BCUT2D eigenvalue weighted by Gasteiger charge is 2.08. The van der Waals surface area contributed by atoms with E-state index in [0.717, 1.165) is 21.3 Å². The van der Waals surface area contributed by atoms with Crippen LogP contribution in [0.4, 0.5) is 17.3 Å². The van der Waals surface area contributed by atoms with Gasteiger partial charge in [0.2, 0.25) is 0 Å². The molecule has 0 aliphatic carbocycles. The minimum absolute atomic E-state index is 0.460. The maximum absolute atomic E-state index is 6.10. The van der Waals surface area contributed by atoms with E-state index in [9.17, 15) is 0 Å². The van der Waals surface area contributed by atoms with Gasteiger partial charge < -0.3 is 11.1 Å². The first kappa shape index (κ1) is 13.1. The highest BCUT2D eigenvalue weighted by molar-refractivity contribution is 9.10. The zero-order valence-corrected chi connectivity index (χ0v) is 12.3. The Balaban J connectivity index is 2.40. The summed E-state index contributed by atoms with van der Waals surface area (Å²) in [7, 11) is 0. The van der Waals surface area contributed by atoms with Crippen molar-refractivity contribution in [1.29, 1.82) is 0 Å². The van der Waals surface area contributed by atoms with Crippen LogP contribution in [0.25, 0.3) is 0 Å². The molecule has 0 radical (unpaired) electrons. The number of benzene rings is 1. The minimum Gasteiger partial charge on any atom is -0.383 e. The average Bonchev–Trinajstić information content (AvgIpc) is 2.32. The van der Waals surface area contributed by atoms with Crippen LogP contribution in [0, 0.1) is 13.8 Å². The molecule has 1 heterocycles. The predicted octanol–water partition coefficient (Wildman–Crippen LogP) is 3.84.